The van der Waals surface area contributed by atoms with Crippen molar-refractivity contribution in [3.63, 3.8) is 0 Å². The number of nitrogens with one attached hydrogen (secondary N) is 1. The number of hydrogen-bond acceptors (Lipinski definition) is 4. The molecule has 0 unspecified atom stereocenters. The van der Waals surface area contributed by atoms with E-state index in [1.54, 1.807) is 7.11 Å². The van der Waals surface area contributed by atoms with Gasteiger partial charge in [0.15, 0.2) is 0 Å². The van der Waals surface area contributed by atoms with E-state index < -0.39 is 0 Å². The summed E-state index contributed by atoms with van der Waals surface area (Å²) in [5.41, 5.74) is 4.86. The topological polar surface area (TPSA) is 72.3 Å². The third kappa shape index (κ3) is 3.74. The van der Waals surface area contributed by atoms with E-state index in [0.29, 0.717) is 12.1 Å². The number of methoxy groups -OCH3 is 1. The van der Waals surface area contributed by atoms with Gasteiger partial charge in [0.2, 0.25) is 5.88 Å². The Kier molecular flexibility index (Phi) is 5.56. The number of aromatic hydroxyl groups is 1. The standard InChI is InChI=1S/C26H22BrN3O3/c1-3-33-21-14-6-17(7-15-21)25-22-23(16-4-12-20(32-2)13-5-16)28-29-24(22)26(31)30(25)19-10-8-18(27)9-11-19/h4-15,29,31H,3H2,1-2H3. The highest BCUT2D eigenvalue weighted by atomic mass is 79.9. The van der Waals surface area contributed by atoms with Crippen molar-refractivity contribution in [3.05, 3.63) is 77.3 Å². The smallest absolute Gasteiger partial charge is 0.222 e. The van der Waals surface area contributed by atoms with Gasteiger partial charge in [-0.05, 0) is 85.3 Å². The van der Waals surface area contributed by atoms with Gasteiger partial charge in [0.25, 0.3) is 0 Å². The molecule has 3 aromatic carbocycles. The van der Waals surface area contributed by atoms with Gasteiger partial charge in [-0.15, -0.1) is 0 Å². The lowest BCUT2D eigenvalue weighted by Crippen LogP contribution is -1.98. The first-order chi connectivity index (χ1) is 16.1. The van der Waals surface area contributed by atoms with Crippen LogP contribution in [0.4, 0.5) is 0 Å². The molecule has 0 fully saturated rings. The third-order valence-electron chi connectivity index (χ3n) is 5.55. The molecule has 0 amide bonds. The summed E-state index contributed by atoms with van der Waals surface area (Å²) in [6, 6.07) is 23.4. The van der Waals surface area contributed by atoms with Gasteiger partial charge >= 0.3 is 0 Å². The van der Waals surface area contributed by atoms with Gasteiger partial charge in [-0.1, -0.05) is 15.9 Å². The van der Waals surface area contributed by atoms with Gasteiger partial charge < -0.3 is 14.6 Å². The highest BCUT2D eigenvalue weighted by Gasteiger charge is 2.25. The molecule has 33 heavy (non-hydrogen) atoms. The lowest BCUT2D eigenvalue weighted by atomic mass is 10.0. The summed E-state index contributed by atoms with van der Waals surface area (Å²) in [5, 5.41) is 19.7. The molecule has 0 spiro atoms. The van der Waals surface area contributed by atoms with Crippen LogP contribution in [0.1, 0.15) is 6.92 Å². The van der Waals surface area contributed by atoms with Gasteiger partial charge in [-0.3, -0.25) is 9.67 Å². The number of nitrogens with zero attached hydrogens (tertiary/aromatic N) is 2. The van der Waals surface area contributed by atoms with Crippen molar-refractivity contribution in [2.45, 2.75) is 6.92 Å². The van der Waals surface area contributed by atoms with Crippen molar-refractivity contribution in [3.8, 4) is 45.6 Å². The van der Waals surface area contributed by atoms with Gasteiger partial charge in [0, 0.05) is 15.7 Å². The first-order valence-corrected chi connectivity index (χ1v) is 11.4. The number of ether oxygens (including phenoxy) is 2. The fraction of sp³-hybridized carbons (Fsp3) is 0.115. The van der Waals surface area contributed by atoms with Crippen LogP contribution in [0.2, 0.25) is 0 Å². The maximum Gasteiger partial charge on any atom is 0.222 e. The van der Waals surface area contributed by atoms with Gasteiger partial charge in [-0.25, -0.2) is 0 Å². The van der Waals surface area contributed by atoms with E-state index in [0.717, 1.165) is 49.6 Å². The molecule has 5 rings (SSSR count). The fourth-order valence-electron chi connectivity index (χ4n) is 4.01. The average Bonchev–Trinajstić information content (AvgIpc) is 3.40. The number of H-pyrrole nitrogens is 1. The predicted octanol–water partition coefficient (Wildman–Crippen LogP) is 6.56. The number of hydrogen-bond donors (Lipinski definition) is 2. The number of fused-ring (bicyclic) bond motifs is 1. The van der Waals surface area contributed by atoms with E-state index in [1.165, 1.54) is 0 Å². The van der Waals surface area contributed by atoms with Gasteiger partial charge in [0.05, 0.1) is 24.8 Å². The van der Waals surface area contributed by atoms with E-state index >= 15 is 0 Å². The van der Waals surface area contributed by atoms with Crippen LogP contribution in [0.3, 0.4) is 0 Å². The zero-order valence-corrected chi connectivity index (χ0v) is 19.8. The van der Waals surface area contributed by atoms with Crippen LogP contribution in [0, 0.1) is 0 Å². The average molecular weight is 504 g/mol. The molecule has 0 bridgehead atoms. The second-order valence-corrected chi connectivity index (χ2v) is 8.41. The normalized spacial score (nSPS) is 11.1. The molecule has 7 heteroatoms. The Balaban J connectivity index is 1.78. The van der Waals surface area contributed by atoms with E-state index in [1.807, 2.05) is 84.3 Å². The zero-order chi connectivity index (χ0) is 22.9. The Morgan fingerprint density at radius 1 is 0.909 bits per heavy atom. The minimum absolute atomic E-state index is 0.100. The molecule has 2 N–H and O–H groups in total. The molecular weight excluding hydrogens is 482 g/mol. The molecule has 0 aliphatic heterocycles. The van der Waals surface area contributed by atoms with Crippen LogP contribution in [0.15, 0.2) is 77.3 Å². The SMILES string of the molecule is CCOc1ccc(-c2c3c(-c4ccc(OC)cc4)n[nH]c3c(O)n2-c2ccc(Br)cc2)cc1. The number of halogens is 1. The summed E-state index contributed by atoms with van der Waals surface area (Å²) < 4.78 is 13.7. The van der Waals surface area contributed by atoms with Crippen molar-refractivity contribution < 1.29 is 14.6 Å². The number of rotatable bonds is 6. The predicted molar refractivity (Wildman–Crippen MR) is 133 cm³/mol. The third-order valence-corrected chi connectivity index (χ3v) is 6.08. The molecule has 0 aliphatic rings. The molecule has 166 valence electrons. The summed E-state index contributed by atoms with van der Waals surface area (Å²) in [4.78, 5) is 0. The van der Waals surface area contributed by atoms with E-state index in [4.69, 9.17) is 9.47 Å². The first kappa shape index (κ1) is 21.2. The molecule has 6 nitrogen and oxygen atoms in total. The number of aromatic nitrogens is 3. The summed E-state index contributed by atoms with van der Waals surface area (Å²) in [6.07, 6.45) is 0. The van der Waals surface area contributed by atoms with Crippen LogP contribution in [0.5, 0.6) is 17.4 Å². The number of benzene rings is 3. The van der Waals surface area contributed by atoms with E-state index in [9.17, 15) is 5.11 Å². The summed E-state index contributed by atoms with van der Waals surface area (Å²) >= 11 is 3.49. The largest absolute Gasteiger partial charge is 0.497 e. The van der Waals surface area contributed by atoms with Crippen LogP contribution in [-0.4, -0.2) is 33.6 Å². The van der Waals surface area contributed by atoms with Crippen LogP contribution in [0.25, 0.3) is 39.1 Å². The monoisotopic (exact) mass is 503 g/mol. The van der Waals surface area contributed by atoms with Crippen molar-refractivity contribution >= 4 is 26.8 Å². The molecular formula is C26H22BrN3O3. The van der Waals surface area contributed by atoms with Gasteiger partial charge in [0.1, 0.15) is 22.7 Å². The summed E-state index contributed by atoms with van der Waals surface area (Å²) in [6.45, 7) is 2.56. The molecule has 0 radical (unpaired) electrons. The maximum absolute atomic E-state index is 11.3. The number of aromatic amines is 1. The highest BCUT2D eigenvalue weighted by molar-refractivity contribution is 9.10. The van der Waals surface area contributed by atoms with Crippen molar-refractivity contribution in [1.29, 1.82) is 0 Å². The second-order valence-electron chi connectivity index (χ2n) is 7.49. The Labute approximate surface area is 199 Å². The van der Waals surface area contributed by atoms with Crippen molar-refractivity contribution in [1.82, 2.24) is 14.8 Å². The second kappa shape index (κ2) is 8.67. The molecule has 5 aromatic rings. The molecule has 0 saturated carbocycles. The fourth-order valence-corrected chi connectivity index (χ4v) is 4.28. The Morgan fingerprint density at radius 3 is 2.18 bits per heavy atom. The zero-order valence-electron chi connectivity index (χ0n) is 18.2. The minimum Gasteiger partial charge on any atom is -0.497 e. The van der Waals surface area contributed by atoms with Gasteiger partial charge in [-0.2, -0.15) is 5.10 Å². The van der Waals surface area contributed by atoms with E-state index in [2.05, 4.69) is 26.1 Å². The summed E-state index contributed by atoms with van der Waals surface area (Å²) in [5.74, 6) is 1.67. The van der Waals surface area contributed by atoms with Crippen LogP contribution < -0.4 is 9.47 Å². The molecule has 0 saturated heterocycles. The minimum atomic E-state index is 0.100. The van der Waals surface area contributed by atoms with Crippen LogP contribution >= 0.6 is 15.9 Å². The lowest BCUT2D eigenvalue weighted by molar-refractivity contribution is 0.340. The first-order valence-electron chi connectivity index (χ1n) is 10.6. The molecule has 0 aliphatic carbocycles. The Bertz CT molecular complexity index is 1400. The highest BCUT2D eigenvalue weighted by Crippen LogP contribution is 2.44. The molecule has 2 heterocycles. The van der Waals surface area contributed by atoms with Crippen molar-refractivity contribution in [2.75, 3.05) is 13.7 Å². The Hall–Kier alpha value is -3.71. The van der Waals surface area contributed by atoms with Crippen LogP contribution in [-0.2, 0) is 0 Å². The summed E-state index contributed by atoms with van der Waals surface area (Å²) in [7, 11) is 1.64. The quantitative estimate of drug-likeness (QED) is 0.275. The molecule has 0 atom stereocenters. The lowest BCUT2D eigenvalue weighted by Gasteiger charge is -2.13. The van der Waals surface area contributed by atoms with E-state index in [-0.39, 0.29) is 5.88 Å². The van der Waals surface area contributed by atoms with Crippen molar-refractivity contribution in [2.24, 2.45) is 0 Å². The molecule has 2 aromatic heterocycles. The Morgan fingerprint density at radius 2 is 1.55 bits per heavy atom. The maximum atomic E-state index is 11.3.